The number of ether oxygens (including phenoxy) is 1. The fourth-order valence-corrected chi connectivity index (χ4v) is 4.61. The largest absolute Gasteiger partial charge is 0.455 e. The predicted molar refractivity (Wildman–Crippen MR) is 124 cm³/mol. The molecule has 4 nitrogen and oxygen atoms in total. The Bertz CT molecular complexity index is 1360. The Kier molecular flexibility index (Phi) is 5.02. The number of hydrogen-bond acceptors (Lipinski definition) is 5. The zero-order valence-electron chi connectivity index (χ0n) is 15.7. The molecular weight excluding hydrogens is 460 g/mol. The summed E-state index contributed by atoms with van der Waals surface area (Å²) in [6.45, 7) is 0.140. The van der Waals surface area contributed by atoms with E-state index >= 15 is 0 Å². The third-order valence-corrected chi connectivity index (χ3v) is 6.22. The number of thiazole rings is 1. The fourth-order valence-electron chi connectivity index (χ4n) is 3.33. The van der Waals surface area contributed by atoms with E-state index in [0.717, 1.165) is 41.9 Å². The predicted octanol–water partition coefficient (Wildman–Crippen LogP) is 6.63. The van der Waals surface area contributed by atoms with E-state index in [1.165, 1.54) is 11.3 Å². The first kappa shape index (κ1) is 18.9. The Morgan fingerprint density at radius 3 is 2.53 bits per heavy atom. The molecule has 0 aliphatic heterocycles. The average molecular weight is 475 g/mol. The quantitative estimate of drug-likeness (QED) is 0.274. The zero-order chi connectivity index (χ0) is 20.5. The lowest BCUT2D eigenvalue weighted by molar-refractivity contribution is 0.0475. The molecule has 0 atom stereocenters. The second-order valence-corrected chi connectivity index (χ2v) is 8.76. The lowest BCUT2D eigenvalue weighted by Gasteiger charge is -2.10. The highest BCUT2D eigenvalue weighted by atomic mass is 79.9. The molecule has 6 heteroatoms. The standard InChI is InChI=1S/C24H15BrN2O2S/c25-16-7-5-6-15(12-16)21-13-18(17-8-1-2-9-19(17)26-21)24(28)29-14-23-27-20-10-3-4-11-22(20)30-23/h1-13H,14H2. The molecule has 3 aromatic carbocycles. The van der Waals surface area contributed by atoms with E-state index in [-0.39, 0.29) is 12.6 Å². The number of carbonyl (C=O) groups excluding carboxylic acids is 1. The van der Waals surface area contributed by atoms with E-state index in [1.807, 2.05) is 72.8 Å². The molecule has 30 heavy (non-hydrogen) atoms. The van der Waals surface area contributed by atoms with Crippen molar-refractivity contribution in [2.45, 2.75) is 6.61 Å². The molecule has 0 radical (unpaired) electrons. The molecule has 0 aliphatic carbocycles. The molecular formula is C24H15BrN2O2S. The van der Waals surface area contributed by atoms with Gasteiger partial charge < -0.3 is 4.74 Å². The number of pyridine rings is 1. The van der Waals surface area contributed by atoms with Gasteiger partial charge in [0.2, 0.25) is 0 Å². The number of fused-ring (bicyclic) bond motifs is 2. The minimum atomic E-state index is -0.385. The van der Waals surface area contributed by atoms with Crippen molar-refractivity contribution in [2.75, 3.05) is 0 Å². The number of aromatic nitrogens is 2. The summed E-state index contributed by atoms with van der Waals surface area (Å²) in [6.07, 6.45) is 0. The van der Waals surface area contributed by atoms with Gasteiger partial charge in [0.1, 0.15) is 11.6 Å². The highest BCUT2D eigenvalue weighted by Crippen LogP contribution is 2.28. The Morgan fingerprint density at radius 1 is 0.900 bits per heavy atom. The van der Waals surface area contributed by atoms with Crippen LogP contribution in [0.15, 0.2) is 83.3 Å². The molecule has 0 amide bonds. The Labute approximate surface area is 185 Å². The minimum Gasteiger partial charge on any atom is -0.455 e. The number of rotatable bonds is 4. The van der Waals surface area contributed by atoms with Crippen molar-refractivity contribution in [1.82, 2.24) is 9.97 Å². The third kappa shape index (κ3) is 3.72. The van der Waals surface area contributed by atoms with Crippen molar-refractivity contribution in [3.8, 4) is 11.3 Å². The van der Waals surface area contributed by atoms with Gasteiger partial charge in [-0.3, -0.25) is 0 Å². The van der Waals surface area contributed by atoms with Crippen LogP contribution in [0, 0.1) is 0 Å². The smallest absolute Gasteiger partial charge is 0.339 e. The lowest BCUT2D eigenvalue weighted by atomic mass is 10.0. The molecule has 0 saturated carbocycles. The van der Waals surface area contributed by atoms with Gasteiger partial charge in [0.15, 0.2) is 0 Å². The van der Waals surface area contributed by atoms with Crippen LogP contribution >= 0.6 is 27.3 Å². The molecule has 146 valence electrons. The second kappa shape index (κ2) is 7.97. The molecule has 0 spiro atoms. The molecule has 0 fully saturated rings. The topological polar surface area (TPSA) is 52.1 Å². The van der Waals surface area contributed by atoms with Gasteiger partial charge in [0, 0.05) is 15.4 Å². The van der Waals surface area contributed by atoms with Crippen molar-refractivity contribution in [1.29, 1.82) is 0 Å². The monoisotopic (exact) mass is 474 g/mol. The van der Waals surface area contributed by atoms with E-state index in [1.54, 1.807) is 6.07 Å². The first-order valence-corrected chi connectivity index (χ1v) is 11.0. The zero-order valence-corrected chi connectivity index (χ0v) is 18.1. The van der Waals surface area contributed by atoms with Crippen LogP contribution in [0.5, 0.6) is 0 Å². The molecule has 0 N–H and O–H groups in total. The molecule has 5 rings (SSSR count). The van der Waals surface area contributed by atoms with Crippen LogP contribution in [0.3, 0.4) is 0 Å². The summed E-state index contributed by atoms with van der Waals surface area (Å²) in [5, 5.41) is 1.54. The van der Waals surface area contributed by atoms with Crippen molar-refractivity contribution >= 4 is 54.4 Å². The van der Waals surface area contributed by atoms with Gasteiger partial charge in [-0.15, -0.1) is 11.3 Å². The Morgan fingerprint density at radius 2 is 1.70 bits per heavy atom. The maximum atomic E-state index is 13.0. The second-order valence-electron chi connectivity index (χ2n) is 6.73. The maximum Gasteiger partial charge on any atom is 0.339 e. The molecule has 2 heterocycles. The van der Waals surface area contributed by atoms with Crippen molar-refractivity contribution in [3.05, 3.63) is 93.9 Å². The molecule has 0 saturated heterocycles. The molecule has 0 aliphatic rings. The SMILES string of the molecule is O=C(OCc1nc2ccccc2s1)c1cc(-c2cccc(Br)c2)nc2ccccc12. The van der Waals surface area contributed by atoms with Gasteiger partial charge in [-0.1, -0.05) is 58.4 Å². The molecule has 0 bridgehead atoms. The van der Waals surface area contributed by atoms with Gasteiger partial charge in [-0.25, -0.2) is 14.8 Å². The number of nitrogens with zero attached hydrogens (tertiary/aromatic N) is 2. The Balaban J connectivity index is 1.49. The van der Waals surface area contributed by atoms with Crippen LogP contribution in [-0.4, -0.2) is 15.9 Å². The third-order valence-electron chi connectivity index (χ3n) is 4.72. The number of halogens is 1. The molecule has 5 aromatic rings. The number of hydrogen-bond donors (Lipinski definition) is 0. The Hall–Kier alpha value is -3.09. The number of para-hydroxylation sites is 2. The summed E-state index contributed by atoms with van der Waals surface area (Å²) in [7, 11) is 0. The maximum absolute atomic E-state index is 13.0. The average Bonchev–Trinajstić information content (AvgIpc) is 3.20. The van der Waals surface area contributed by atoms with Crippen molar-refractivity contribution < 1.29 is 9.53 Å². The van der Waals surface area contributed by atoms with E-state index in [2.05, 4.69) is 20.9 Å². The summed E-state index contributed by atoms with van der Waals surface area (Å²) in [4.78, 5) is 22.3. The highest BCUT2D eigenvalue weighted by Gasteiger charge is 2.16. The lowest BCUT2D eigenvalue weighted by Crippen LogP contribution is -2.07. The van der Waals surface area contributed by atoms with Crippen molar-refractivity contribution in [2.24, 2.45) is 0 Å². The highest BCUT2D eigenvalue weighted by molar-refractivity contribution is 9.10. The van der Waals surface area contributed by atoms with E-state index in [4.69, 9.17) is 9.72 Å². The summed E-state index contributed by atoms with van der Waals surface area (Å²) in [6, 6.07) is 25.1. The van der Waals surface area contributed by atoms with Gasteiger partial charge in [0.25, 0.3) is 0 Å². The summed E-state index contributed by atoms with van der Waals surface area (Å²) < 4.78 is 7.67. The van der Waals surface area contributed by atoms with Crippen LogP contribution < -0.4 is 0 Å². The van der Waals surface area contributed by atoms with Crippen molar-refractivity contribution in [3.63, 3.8) is 0 Å². The van der Waals surface area contributed by atoms with Gasteiger partial charge in [-0.05, 0) is 36.4 Å². The van der Waals surface area contributed by atoms with Crippen LogP contribution in [0.1, 0.15) is 15.4 Å². The van der Waals surface area contributed by atoms with Crippen LogP contribution in [0.25, 0.3) is 32.4 Å². The van der Waals surface area contributed by atoms with E-state index in [0.29, 0.717) is 5.56 Å². The number of benzene rings is 3. The van der Waals surface area contributed by atoms with Crippen LogP contribution in [-0.2, 0) is 11.3 Å². The summed E-state index contributed by atoms with van der Waals surface area (Å²) >= 11 is 5.03. The summed E-state index contributed by atoms with van der Waals surface area (Å²) in [5.41, 5.74) is 3.82. The van der Waals surface area contributed by atoms with Crippen LogP contribution in [0.4, 0.5) is 0 Å². The minimum absolute atomic E-state index is 0.140. The number of esters is 1. The van der Waals surface area contributed by atoms with E-state index in [9.17, 15) is 4.79 Å². The van der Waals surface area contributed by atoms with Crippen LogP contribution in [0.2, 0.25) is 0 Å². The van der Waals surface area contributed by atoms with E-state index < -0.39 is 0 Å². The van der Waals surface area contributed by atoms with Gasteiger partial charge in [-0.2, -0.15) is 0 Å². The molecule has 2 aromatic heterocycles. The summed E-state index contributed by atoms with van der Waals surface area (Å²) in [5.74, 6) is -0.385. The normalized spacial score (nSPS) is 11.1. The molecule has 0 unspecified atom stereocenters. The van der Waals surface area contributed by atoms with Gasteiger partial charge >= 0.3 is 5.97 Å². The number of carbonyl (C=O) groups is 1. The first-order chi connectivity index (χ1) is 14.7. The fraction of sp³-hybridized carbons (Fsp3) is 0.0417. The van der Waals surface area contributed by atoms with Gasteiger partial charge in [0.05, 0.1) is 27.0 Å². The first-order valence-electron chi connectivity index (χ1n) is 9.35.